The van der Waals surface area contributed by atoms with Crippen LogP contribution in [0, 0.1) is 11.3 Å². The highest BCUT2D eigenvalue weighted by atomic mass is 16.6. The van der Waals surface area contributed by atoms with Crippen molar-refractivity contribution in [1.29, 1.82) is 0 Å². The van der Waals surface area contributed by atoms with Crippen LogP contribution in [0.4, 0.5) is 0 Å². The Morgan fingerprint density at radius 3 is 2.43 bits per heavy atom. The summed E-state index contributed by atoms with van der Waals surface area (Å²) in [5, 5.41) is 0. The summed E-state index contributed by atoms with van der Waals surface area (Å²) in [7, 11) is 0. The maximum absolute atomic E-state index is 12.6. The predicted molar refractivity (Wildman–Crippen MR) is 78.4 cm³/mol. The van der Waals surface area contributed by atoms with E-state index < -0.39 is 28.1 Å². The van der Waals surface area contributed by atoms with Crippen LogP contribution in [0.1, 0.15) is 60.8 Å². The van der Waals surface area contributed by atoms with Gasteiger partial charge in [0.2, 0.25) is 0 Å². The minimum absolute atomic E-state index is 0.0614. The van der Waals surface area contributed by atoms with Gasteiger partial charge in [-0.25, -0.2) is 0 Å². The van der Waals surface area contributed by atoms with E-state index in [0.29, 0.717) is 19.3 Å². The van der Waals surface area contributed by atoms with Crippen molar-refractivity contribution in [1.82, 2.24) is 0 Å². The molecule has 0 aromatic heterocycles. The van der Waals surface area contributed by atoms with Gasteiger partial charge in [-0.3, -0.25) is 9.59 Å². The van der Waals surface area contributed by atoms with Crippen molar-refractivity contribution >= 4 is 11.9 Å². The molecule has 0 spiro atoms. The van der Waals surface area contributed by atoms with Crippen LogP contribution in [-0.2, 0) is 19.1 Å². The number of esters is 2. The maximum Gasteiger partial charge on any atom is 0.327 e. The molecule has 1 saturated carbocycles. The van der Waals surface area contributed by atoms with E-state index in [2.05, 4.69) is 0 Å². The second-order valence-electron chi connectivity index (χ2n) is 8.16. The van der Waals surface area contributed by atoms with Crippen LogP contribution in [0.2, 0.25) is 0 Å². The van der Waals surface area contributed by atoms with Crippen molar-refractivity contribution in [3.05, 3.63) is 0 Å². The molecule has 0 aromatic carbocycles. The minimum atomic E-state index is -1.11. The highest BCUT2D eigenvalue weighted by molar-refractivity contribution is 5.82. The number of hydrogen-bond donors (Lipinski definition) is 1. The fraction of sp³-hybridized carbons (Fsp3) is 0.875. The van der Waals surface area contributed by atoms with Crippen molar-refractivity contribution in [2.45, 2.75) is 77.5 Å². The van der Waals surface area contributed by atoms with Gasteiger partial charge in [-0.05, 0) is 39.0 Å². The van der Waals surface area contributed by atoms with Crippen LogP contribution in [0.3, 0.4) is 0 Å². The third kappa shape index (κ3) is 2.35. The molecule has 2 fully saturated rings. The van der Waals surface area contributed by atoms with Crippen molar-refractivity contribution in [2.75, 3.05) is 0 Å². The summed E-state index contributed by atoms with van der Waals surface area (Å²) in [5.41, 5.74) is 3.09. The molecule has 2 rings (SSSR count). The molecule has 0 radical (unpaired) electrons. The summed E-state index contributed by atoms with van der Waals surface area (Å²) in [5.74, 6) is -0.683. The lowest BCUT2D eigenvalue weighted by molar-refractivity contribution is -0.204. The second kappa shape index (κ2) is 4.45. The fourth-order valence-electron chi connectivity index (χ4n) is 2.93. The molecule has 2 N–H and O–H groups in total. The number of nitrogens with two attached hydrogens (primary N) is 1. The number of hydrogen-bond acceptors (Lipinski definition) is 5. The first-order chi connectivity index (χ1) is 9.32. The number of carbonyl (C=O) groups excluding carboxylic acids is 2. The fourth-order valence-corrected chi connectivity index (χ4v) is 2.93. The Labute approximate surface area is 126 Å². The molecule has 2 bridgehead atoms. The summed E-state index contributed by atoms with van der Waals surface area (Å²) in [4.78, 5) is 24.4. The number of fused-ring (bicyclic) bond motifs is 2. The van der Waals surface area contributed by atoms with E-state index in [1.54, 1.807) is 6.92 Å². The Morgan fingerprint density at radius 1 is 1.33 bits per heavy atom. The topological polar surface area (TPSA) is 78.6 Å². The Morgan fingerprint density at radius 2 is 1.90 bits per heavy atom. The molecule has 4 unspecified atom stereocenters. The normalized spacial score (nSPS) is 38.6. The minimum Gasteiger partial charge on any atom is -0.455 e. The van der Waals surface area contributed by atoms with E-state index in [1.165, 1.54) is 0 Å². The lowest BCUT2D eigenvalue weighted by atomic mass is 9.70. The summed E-state index contributed by atoms with van der Waals surface area (Å²) in [6.45, 7) is 11.1. The smallest absolute Gasteiger partial charge is 0.327 e. The Balaban J connectivity index is 2.23. The lowest BCUT2D eigenvalue weighted by Crippen LogP contribution is -2.61. The van der Waals surface area contributed by atoms with Gasteiger partial charge < -0.3 is 15.2 Å². The molecule has 1 aliphatic heterocycles. The zero-order valence-electron chi connectivity index (χ0n) is 13.9. The van der Waals surface area contributed by atoms with E-state index in [0.717, 1.165) is 0 Å². The molecule has 5 nitrogen and oxygen atoms in total. The van der Waals surface area contributed by atoms with Gasteiger partial charge in [0.1, 0.15) is 16.7 Å². The average molecular weight is 297 g/mol. The average Bonchev–Trinajstić information content (AvgIpc) is 2.57. The monoisotopic (exact) mass is 297 g/mol. The third-order valence-corrected chi connectivity index (χ3v) is 5.68. The summed E-state index contributed by atoms with van der Waals surface area (Å²) < 4.78 is 11.3. The molecule has 21 heavy (non-hydrogen) atoms. The molecule has 0 aromatic rings. The number of rotatable bonds is 2. The molecule has 2 aliphatic rings. The lowest BCUT2D eigenvalue weighted by Gasteiger charge is -2.46. The van der Waals surface area contributed by atoms with Gasteiger partial charge >= 0.3 is 11.9 Å². The number of carbonyl (C=O) groups is 2. The first-order valence-electron chi connectivity index (χ1n) is 7.58. The molecule has 4 atom stereocenters. The van der Waals surface area contributed by atoms with Crippen LogP contribution < -0.4 is 5.73 Å². The zero-order chi connectivity index (χ0) is 16.3. The van der Waals surface area contributed by atoms with Gasteiger partial charge in [0, 0.05) is 6.42 Å². The highest BCUT2D eigenvalue weighted by Gasteiger charge is 2.61. The van der Waals surface area contributed by atoms with Gasteiger partial charge in [-0.1, -0.05) is 20.8 Å². The molecule has 120 valence electrons. The van der Waals surface area contributed by atoms with Crippen LogP contribution in [0.5, 0.6) is 0 Å². The van der Waals surface area contributed by atoms with Gasteiger partial charge in [-0.15, -0.1) is 0 Å². The van der Waals surface area contributed by atoms with Gasteiger partial charge in [-0.2, -0.15) is 0 Å². The zero-order valence-corrected chi connectivity index (χ0v) is 13.9. The summed E-state index contributed by atoms with van der Waals surface area (Å²) in [6, 6.07) is 0. The molecule has 1 saturated heterocycles. The van der Waals surface area contributed by atoms with Gasteiger partial charge in [0.05, 0.1) is 5.92 Å². The van der Waals surface area contributed by atoms with Crippen LogP contribution in [-0.4, -0.2) is 28.7 Å². The van der Waals surface area contributed by atoms with Crippen molar-refractivity contribution in [2.24, 2.45) is 17.1 Å². The SMILES string of the molecule is CC(C)(C)C(C)(N)C(=O)OC1(C)CCC2CC1(C)OC2=O. The van der Waals surface area contributed by atoms with Crippen LogP contribution in [0.15, 0.2) is 0 Å². The molecule has 0 amide bonds. The van der Waals surface area contributed by atoms with E-state index in [4.69, 9.17) is 15.2 Å². The molecule has 1 aliphatic carbocycles. The van der Waals surface area contributed by atoms with E-state index in [9.17, 15) is 9.59 Å². The van der Waals surface area contributed by atoms with E-state index >= 15 is 0 Å². The standard InChI is InChI=1S/C16H27NO4/c1-13(2,3)16(6,17)12(19)21-14(4)8-7-10-9-15(14,5)20-11(10)18/h10H,7-9,17H2,1-6H3. The molecule has 5 heteroatoms. The first kappa shape index (κ1) is 16.3. The summed E-state index contributed by atoms with van der Waals surface area (Å²) in [6.07, 6.45) is 1.91. The summed E-state index contributed by atoms with van der Waals surface area (Å²) >= 11 is 0. The van der Waals surface area contributed by atoms with Crippen molar-refractivity contribution in [3.8, 4) is 0 Å². The van der Waals surface area contributed by atoms with Gasteiger partial charge in [0.25, 0.3) is 0 Å². The van der Waals surface area contributed by atoms with Crippen LogP contribution in [0.25, 0.3) is 0 Å². The molecule has 1 heterocycles. The Hall–Kier alpha value is -1.10. The molecular weight excluding hydrogens is 270 g/mol. The molecular formula is C16H27NO4. The van der Waals surface area contributed by atoms with E-state index in [1.807, 2.05) is 34.6 Å². The van der Waals surface area contributed by atoms with E-state index in [-0.39, 0.29) is 11.9 Å². The largest absolute Gasteiger partial charge is 0.455 e. The Kier molecular flexibility index (Phi) is 3.45. The maximum atomic E-state index is 12.6. The van der Waals surface area contributed by atoms with Crippen LogP contribution >= 0.6 is 0 Å². The predicted octanol–water partition coefficient (Wildman–Crippen LogP) is 2.17. The number of ether oxygens (including phenoxy) is 2. The second-order valence-corrected chi connectivity index (χ2v) is 8.16. The van der Waals surface area contributed by atoms with Crippen molar-refractivity contribution in [3.63, 3.8) is 0 Å². The third-order valence-electron chi connectivity index (χ3n) is 5.68. The highest BCUT2D eigenvalue weighted by Crippen LogP contribution is 2.50. The first-order valence-corrected chi connectivity index (χ1v) is 7.58. The van der Waals surface area contributed by atoms with Gasteiger partial charge in [0.15, 0.2) is 0 Å². The quantitative estimate of drug-likeness (QED) is 0.790. The van der Waals surface area contributed by atoms with Crippen molar-refractivity contribution < 1.29 is 19.1 Å². The Bertz CT molecular complexity index is 479.